The second-order valence-electron chi connectivity index (χ2n) is 4.02. The third-order valence-corrected chi connectivity index (χ3v) is 2.80. The number of aryl methyl sites for hydroxylation is 1. The topological polar surface area (TPSA) is 35.2 Å². The number of rotatable bonds is 3. The number of hydrogen-bond donors (Lipinski definition) is 1. The van der Waals surface area contributed by atoms with Gasteiger partial charge in [0.15, 0.2) is 11.6 Å². The molecule has 19 heavy (non-hydrogen) atoms. The monoisotopic (exact) mass is 279 g/mol. The normalized spacial score (nSPS) is 10.3. The second kappa shape index (κ2) is 5.32. The Morgan fingerprint density at radius 1 is 1.16 bits per heavy atom. The molecule has 0 aromatic heterocycles. The molecule has 2 nitrogen and oxygen atoms in total. The van der Waals surface area contributed by atoms with Crippen molar-refractivity contribution in [3.8, 4) is 11.5 Å². The predicted octanol–water partition coefficient (Wildman–Crippen LogP) is 3.70. The SMILES string of the molecule is Cc1cc(Oc2ccc(F)cc2F)ccc1C(N)=S. The van der Waals surface area contributed by atoms with E-state index < -0.39 is 11.6 Å². The number of thiocarbonyl (C=S) groups is 1. The Hall–Kier alpha value is -2.01. The molecule has 5 heteroatoms. The average molecular weight is 279 g/mol. The Morgan fingerprint density at radius 2 is 1.89 bits per heavy atom. The van der Waals surface area contributed by atoms with Crippen LogP contribution < -0.4 is 10.5 Å². The van der Waals surface area contributed by atoms with Crippen LogP contribution in [-0.4, -0.2) is 4.99 Å². The van der Waals surface area contributed by atoms with Crippen LogP contribution in [0, 0.1) is 18.6 Å². The molecule has 0 amide bonds. The molecule has 2 aromatic rings. The van der Waals surface area contributed by atoms with Crippen molar-refractivity contribution < 1.29 is 13.5 Å². The molecular weight excluding hydrogens is 268 g/mol. The van der Waals surface area contributed by atoms with E-state index in [2.05, 4.69) is 0 Å². The fraction of sp³-hybridized carbons (Fsp3) is 0.0714. The van der Waals surface area contributed by atoms with Crippen LogP contribution in [0.1, 0.15) is 11.1 Å². The third kappa shape index (κ3) is 3.06. The predicted molar refractivity (Wildman–Crippen MR) is 73.5 cm³/mol. The summed E-state index contributed by atoms with van der Waals surface area (Å²) < 4.78 is 31.6. The van der Waals surface area contributed by atoms with Crippen LogP contribution >= 0.6 is 12.2 Å². The molecule has 0 atom stereocenters. The quantitative estimate of drug-likeness (QED) is 0.870. The third-order valence-electron chi connectivity index (χ3n) is 2.59. The minimum atomic E-state index is -0.754. The fourth-order valence-corrected chi connectivity index (χ4v) is 1.89. The lowest BCUT2D eigenvalue weighted by atomic mass is 10.1. The molecule has 0 aliphatic heterocycles. The Kier molecular flexibility index (Phi) is 3.76. The summed E-state index contributed by atoms with van der Waals surface area (Å²) in [4.78, 5) is 0.289. The Morgan fingerprint density at radius 3 is 2.47 bits per heavy atom. The van der Waals surface area contributed by atoms with E-state index in [1.165, 1.54) is 6.07 Å². The highest BCUT2D eigenvalue weighted by atomic mass is 32.1. The first-order valence-corrected chi connectivity index (χ1v) is 5.91. The molecule has 0 bridgehead atoms. The summed E-state index contributed by atoms with van der Waals surface area (Å²) in [7, 11) is 0. The highest BCUT2D eigenvalue weighted by Gasteiger charge is 2.08. The maximum Gasteiger partial charge on any atom is 0.168 e. The first-order valence-electron chi connectivity index (χ1n) is 5.51. The van der Waals surface area contributed by atoms with Gasteiger partial charge in [-0.2, -0.15) is 0 Å². The smallest absolute Gasteiger partial charge is 0.168 e. The largest absolute Gasteiger partial charge is 0.454 e. The van der Waals surface area contributed by atoms with Crippen molar-refractivity contribution in [2.45, 2.75) is 6.92 Å². The van der Waals surface area contributed by atoms with Crippen LogP contribution in [0.4, 0.5) is 8.78 Å². The minimum Gasteiger partial charge on any atom is -0.454 e. The lowest BCUT2D eigenvalue weighted by Crippen LogP contribution is -2.10. The molecule has 0 aliphatic carbocycles. The molecule has 0 radical (unpaired) electrons. The van der Waals surface area contributed by atoms with Crippen molar-refractivity contribution >= 4 is 17.2 Å². The molecule has 0 aliphatic rings. The maximum absolute atomic E-state index is 13.4. The van der Waals surface area contributed by atoms with E-state index in [1.54, 1.807) is 18.2 Å². The summed E-state index contributed by atoms with van der Waals surface area (Å²) in [6.45, 7) is 1.82. The molecule has 0 heterocycles. The molecule has 0 spiro atoms. The molecule has 0 fully saturated rings. The highest BCUT2D eigenvalue weighted by molar-refractivity contribution is 7.80. The van der Waals surface area contributed by atoms with Gasteiger partial charge in [-0.25, -0.2) is 8.78 Å². The van der Waals surface area contributed by atoms with Gasteiger partial charge in [0.25, 0.3) is 0 Å². The van der Waals surface area contributed by atoms with Gasteiger partial charge in [0.2, 0.25) is 0 Å². The summed E-state index contributed by atoms with van der Waals surface area (Å²) in [5.74, 6) is -1.01. The zero-order valence-corrected chi connectivity index (χ0v) is 10.9. The first-order chi connectivity index (χ1) is 8.97. The standard InChI is InChI=1S/C14H11F2NOS/c1-8-6-10(3-4-11(8)14(17)19)18-13-5-2-9(15)7-12(13)16/h2-7H,1H3,(H2,17,19). The van der Waals surface area contributed by atoms with Crippen LogP contribution in [-0.2, 0) is 0 Å². The van der Waals surface area contributed by atoms with E-state index in [9.17, 15) is 8.78 Å². The molecule has 2 N–H and O–H groups in total. The lowest BCUT2D eigenvalue weighted by Gasteiger charge is -2.09. The van der Waals surface area contributed by atoms with Crippen LogP contribution in [0.2, 0.25) is 0 Å². The molecule has 98 valence electrons. The van der Waals surface area contributed by atoms with E-state index in [0.29, 0.717) is 5.75 Å². The Labute approximate surface area is 114 Å². The van der Waals surface area contributed by atoms with E-state index in [1.807, 2.05) is 6.92 Å². The molecule has 0 saturated carbocycles. The first kappa shape index (κ1) is 13.4. The molecular formula is C14H11F2NOS. The summed E-state index contributed by atoms with van der Waals surface area (Å²) in [6.07, 6.45) is 0. The van der Waals surface area contributed by atoms with E-state index in [4.69, 9.17) is 22.7 Å². The van der Waals surface area contributed by atoms with Crippen molar-refractivity contribution in [3.63, 3.8) is 0 Å². The van der Waals surface area contributed by atoms with Gasteiger partial charge >= 0.3 is 0 Å². The average Bonchev–Trinajstić information content (AvgIpc) is 2.32. The van der Waals surface area contributed by atoms with E-state index in [0.717, 1.165) is 23.3 Å². The van der Waals surface area contributed by atoms with Crippen molar-refractivity contribution in [3.05, 3.63) is 59.2 Å². The van der Waals surface area contributed by atoms with Gasteiger partial charge in [-0.05, 0) is 42.8 Å². The molecule has 0 unspecified atom stereocenters. The number of halogens is 2. The van der Waals surface area contributed by atoms with Gasteiger partial charge in [-0.15, -0.1) is 0 Å². The van der Waals surface area contributed by atoms with Gasteiger partial charge in [0.05, 0.1) is 0 Å². The minimum absolute atomic E-state index is 0.0381. The van der Waals surface area contributed by atoms with Crippen LogP contribution in [0.3, 0.4) is 0 Å². The summed E-state index contributed by atoms with van der Waals surface area (Å²) in [6, 6.07) is 8.16. The van der Waals surface area contributed by atoms with Gasteiger partial charge in [0, 0.05) is 11.6 Å². The number of benzene rings is 2. The van der Waals surface area contributed by atoms with Crippen LogP contribution in [0.15, 0.2) is 36.4 Å². The van der Waals surface area contributed by atoms with Crippen LogP contribution in [0.5, 0.6) is 11.5 Å². The van der Waals surface area contributed by atoms with Gasteiger partial charge in [0.1, 0.15) is 16.6 Å². The van der Waals surface area contributed by atoms with E-state index in [-0.39, 0.29) is 10.7 Å². The summed E-state index contributed by atoms with van der Waals surface area (Å²) >= 11 is 4.89. The summed E-state index contributed by atoms with van der Waals surface area (Å²) in [5, 5.41) is 0. The highest BCUT2D eigenvalue weighted by Crippen LogP contribution is 2.26. The van der Waals surface area contributed by atoms with Gasteiger partial charge in [-0.3, -0.25) is 0 Å². The van der Waals surface area contributed by atoms with Crippen molar-refractivity contribution in [1.82, 2.24) is 0 Å². The second-order valence-corrected chi connectivity index (χ2v) is 4.46. The zero-order chi connectivity index (χ0) is 14.0. The lowest BCUT2D eigenvalue weighted by molar-refractivity contribution is 0.437. The Bertz CT molecular complexity index is 643. The van der Waals surface area contributed by atoms with Crippen molar-refractivity contribution in [2.24, 2.45) is 5.73 Å². The van der Waals surface area contributed by atoms with E-state index >= 15 is 0 Å². The molecule has 2 rings (SSSR count). The van der Waals surface area contributed by atoms with Gasteiger partial charge < -0.3 is 10.5 Å². The molecule has 0 saturated heterocycles. The van der Waals surface area contributed by atoms with Crippen molar-refractivity contribution in [1.29, 1.82) is 0 Å². The summed E-state index contributed by atoms with van der Waals surface area (Å²) in [5.41, 5.74) is 7.11. The fourth-order valence-electron chi connectivity index (χ4n) is 1.66. The maximum atomic E-state index is 13.4. The Balaban J connectivity index is 2.29. The van der Waals surface area contributed by atoms with Crippen molar-refractivity contribution in [2.75, 3.05) is 0 Å². The number of ether oxygens (including phenoxy) is 1. The molecule has 2 aromatic carbocycles. The number of hydrogen-bond acceptors (Lipinski definition) is 2. The van der Waals surface area contributed by atoms with Crippen LogP contribution in [0.25, 0.3) is 0 Å². The van der Waals surface area contributed by atoms with Gasteiger partial charge in [-0.1, -0.05) is 12.2 Å². The zero-order valence-electron chi connectivity index (χ0n) is 10.1. The number of nitrogens with two attached hydrogens (primary N) is 1.